The lowest BCUT2D eigenvalue weighted by Crippen LogP contribution is -2.39. The van der Waals surface area contributed by atoms with Crippen LogP contribution >= 0.6 is 11.3 Å². The van der Waals surface area contributed by atoms with Gasteiger partial charge >= 0.3 is 5.97 Å². The number of carbonyl (C=O) groups excluding carboxylic acids is 1. The largest absolute Gasteiger partial charge is 0.493 e. The molecule has 7 heteroatoms. The summed E-state index contributed by atoms with van der Waals surface area (Å²) >= 11 is 1.30. The number of benzene rings is 2. The molecule has 3 aromatic rings. The lowest BCUT2D eigenvalue weighted by Gasteiger charge is -2.24. The molecule has 0 saturated heterocycles. The normalized spacial score (nSPS) is 15.8. The van der Waals surface area contributed by atoms with Gasteiger partial charge in [-0.15, -0.1) is 0 Å². The first-order chi connectivity index (χ1) is 15.5. The molecule has 0 spiro atoms. The van der Waals surface area contributed by atoms with E-state index in [2.05, 4.69) is 4.99 Å². The third-order valence-corrected chi connectivity index (χ3v) is 6.12. The van der Waals surface area contributed by atoms with Gasteiger partial charge in [-0.1, -0.05) is 59.9 Å². The van der Waals surface area contributed by atoms with Crippen LogP contribution in [-0.4, -0.2) is 23.8 Å². The van der Waals surface area contributed by atoms with E-state index in [1.54, 1.807) is 18.4 Å². The highest BCUT2D eigenvalue weighted by Crippen LogP contribution is 2.30. The van der Waals surface area contributed by atoms with Gasteiger partial charge in [0.1, 0.15) is 5.75 Å². The van der Waals surface area contributed by atoms with Crippen LogP contribution in [0.1, 0.15) is 37.9 Å². The van der Waals surface area contributed by atoms with Crippen LogP contribution in [0.4, 0.5) is 0 Å². The van der Waals surface area contributed by atoms with Crippen molar-refractivity contribution in [1.82, 2.24) is 4.57 Å². The van der Waals surface area contributed by atoms with E-state index in [0.717, 1.165) is 11.1 Å². The first kappa shape index (κ1) is 21.8. The minimum absolute atomic E-state index is 0.205. The number of rotatable bonds is 6. The summed E-state index contributed by atoms with van der Waals surface area (Å²) < 4.78 is 13.1. The summed E-state index contributed by atoms with van der Waals surface area (Å²) in [5.74, 6) is 0.252. The van der Waals surface area contributed by atoms with Crippen LogP contribution in [0.25, 0.3) is 6.08 Å². The van der Waals surface area contributed by atoms with Crippen molar-refractivity contribution in [1.29, 1.82) is 0 Å². The topological polar surface area (TPSA) is 69.9 Å². The summed E-state index contributed by atoms with van der Waals surface area (Å²) in [6.07, 6.45) is 1.82. The van der Waals surface area contributed by atoms with Crippen LogP contribution in [0.5, 0.6) is 5.75 Å². The highest BCUT2D eigenvalue weighted by molar-refractivity contribution is 7.07. The number of esters is 1. The van der Waals surface area contributed by atoms with Gasteiger partial charge in [0.15, 0.2) is 4.80 Å². The number of para-hydroxylation sites is 1. The van der Waals surface area contributed by atoms with Crippen molar-refractivity contribution in [3.63, 3.8) is 0 Å². The predicted octanol–water partition coefficient (Wildman–Crippen LogP) is 3.20. The Morgan fingerprint density at radius 2 is 1.81 bits per heavy atom. The van der Waals surface area contributed by atoms with Crippen LogP contribution in [0.2, 0.25) is 0 Å². The van der Waals surface area contributed by atoms with Crippen molar-refractivity contribution in [3.8, 4) is 5.75 Å². The van der Waals surface area contributed by atoms with Gasteiger partial charge < -0.3 is 9.47 Å². The molecule has 0 fully saturated rings. The summed E-state index contributed by atoms with van der Waals surface area (Å²) in [5, 5.41) is 0. The molecular formula is C25H24N2O4S. The van der Waals surface area contributed by atoms with Crippen LogP contribution in [0, 0.1) is 0 Å². The minimum Gasteiger partial charge on any atom is -0.493 e. The maximum atomic E-state index is 13.6. The van der Waals surface area contributed by atoms with E-state index in [9.17, 15) is 9.59 Å². The van der Waals surface area contributed by atoms with E-state index in [1.807, 2.05) is 67.6 Å². The van der Waals surface area contributed by atoms with E-state index in [1.165, 1.54) is 11.3 Å². The molecule has 6 nitrogen and oxygen atoms in total. The SMILES string of the molecule is CCOC(=O)C1=C(C)N=c2s/c(=C\c3ccccc3OCC)c(=O)n2[C@H]1c1ccccc1. The molecule has 0 amide bonds. The monoisotopic (exact) mass is 448 g/mol. The molecule has 1 atom stereocenters. The fourth-order valence-corrected chi connectivity index (χ4v) is 4.81. The van der Waals surface area contributed by atoms with E-state index >= 15 is 0 Å². The van der Waals surface area contributed by atoms with E-state index in [-0.39, 0.29) is 12.2 Å². The molecule has 32 heavy (non-hydrogen) atoms. The second-order valence-corrected chi connectivity index (χ2v) is 8.19. The molecule has 0 unspecified atom stereocenters. The zero-order chi connectivity index (χ0) is 22.7. The highest BCUT2D eigenvalue weighted by Gasteiger charge is 2.33. The highest BCUT2D eigenvalue weighted by atomic mass is 32.1. The van der Waals surface area contributed by atoms with Gasteiger partial charge in [0.05, 0.1) is 35.1 Å². The van der Waals surface area contributed by atoms with Crippen molar-refractivity contribution in [2.45, 2.75) is 26.8 Å². The van der Waals surface area contributed by atoms with Gasteiger partial charge in [-0.25, -0.2) is 9.79 Å². The molecule has 1 aliphatic rings. The molecule has 1 aromatic heterocycles. The molecule has 0 N–H and O–H groups in total. The molecule has 4 rings (SSSR count). The quantitative estimate of drug-likeness (QED) is 0.543. The molecule has 0 radical (unpaired) electrons. The molecular weight excluding hydrogens is 424 g/mol. The molecule has 2 aromatic carbocycles. The van der Waals surface area contributed by atoms with Crippen LogP contribution < -0.4 is 19.6 Å². The Morgan fingerprint density at radius 1 is 1.09 bits per heavy atom. The van der Waals surface area contributed by atoms with Gasteiger partial charge in [-0.05, 0) is 38.5 Å². The van der Waals surface area contributed by atoms with Crippen LogP contribution in [0.3, 0.4) is 0 Å². The average Bonchev–Trinajstić information content (AvgIpc) is 3.09. The van der Waals surface area contributed by atoms with Gasteiger partial charge in [-0.3, -0.25) is 9.36 Å². The van der Waals surface area contributed by atoms with Gasteiger partial charge in [0, 0.05) is 5.56 Å². The third kappa shape index (κ3) is 4.03. The maximum Gasteiger partial charge on any atom is 0.338 e. The first-order valence-corrected chi connectivity index (χ1v) is 11.3. The number of fused-ring (bicyclic) bond motifs is 1. The maximum absolute atomic E-state index is 13.6. The molecule has 2 heterocycles. The number of thiazole rings is 1. The number of ether oxygens (including phenoxy) is 2. The third-order valence-electron chi connectivity index (χ3n) is 5.14. The summed E-state index contributed by atoms with van der Waals surface area (Å²) in [6, 6.07) is 16.5. The second-order valence-electron chi connectivity index (χ2n) is 7.18. The van der Waals surface area contributed by atoms with Gasteiger partial charge in [-0.2, -0.15) is 0 Å². The molecule has 0 aliphatic carbocycles. The molecule has 1 aliphatic heterocycles. The van der Waals surface area contributed by atoms with Crippen molar-refractivity contribution in [3.05, 3.63) is 96.7 Å². The van der Waals surface area contributed by atoms with Gasteiger partial charge in [0.2, 0.25) is 0 Å². The number of nitrogens with zero attached hydrogens (tertiary/aromatic N) is 2. The Balaban J connectivity index is 1.94. The lowest BCUT2D eigenvalue weighted by molar-refractivity contribution is -0.139. The Labute approximate surface area is 189 Å². The number of allylic oxidation sites excluding steroid dienone is 1. The Hall–Kier alpha value is -3.45. The summed E-state index contributed by atoms with van der Waals surface area (Å²) in [4.78, 5) is 31.6. The zero-order valence-electron chi connectivity index (χ0n) is 18.2. The summed E-state index contributed by atoms with van der Waals surface area (Å²) in [7, 11) is 0. The van der Waals surface area contributed by atoms with Crippen molar-refractivity contribution >= 4 is 23.4 Å². The zero-order valence-corrected chi connectivity index (χ0v) is 19.0. The first-order valence-electron chi connectivity index (χ1n) is 10.5. The number of hydrogen-bond donors (Lipinski definition) is 0. The van der Waals surface area contributed by atoms with Crippen LogP contribution in [-0.2, 0) is 9.53 Å². The fourth-order valence-electron chi connectivity index (χ4n) is 3.77. The number of hydrogen-bond acceptors (Lipinski definition) is 6. The smallest absolute Gasteiger partial charge is 0.338 e. The van der Waals surface area contributed by atoms with Crippen molar-refractivity contribution < 1.29 is 14.3 Å². The molecule has 0 saturated carbocycles. The Bertz CT molecular complexity index is 1350. The summed E-state index contributed by atoms with van der Waals surface area (Å²) in [6.45, 7) is 6.24. The van der Waals surface area contributed by atoms with E-state index < -0.39 is 12.0 Å². The summed E-state index contributed by atoms with van der Waals surface area (Å²) in [5.41, 5.74) is 2.37. The minimum atomic E-state index is -0.601. The average molecular weight is 449 g/mol. The standard InChI is InChI=1S/C25H24N2O4S/c1-4-30-19-14-10-9-13-18(19)15-20-23(28)27-22(17-11-7-6-8-12-17)21(24(29)31-5-2)16(3)26-25(27)32-20/h6-15,22H,4-5H2,1-3H3/b20-15-/t22-/m0/s1. The van der Waals surface area contributed by atoms with E-state index in [4.69, 9.17) is 9.47 Å². The Kier molecular flexibility index (Phi) is 6.37. The second kappa shape index (κ2) is 9.36. The predicted molar refractivity (Wildman–Crippen MR) is 124 cm³/mol. The van der Waals surface area contributed by atoms with Gasteiger partial charge in [0.25, 0.3) is 5.56 Å². The van der Waals surface area contributed by atoms with Crippen molar-refractivity contribution in [2.75, 3.05) is 13.2 Å². The lowest BCUT2D eigenvalue weighted by atomic mass is 9.96. The molecule has 164 valence electrons. The van der Waals surface area contributed by atoms with Crippen LogP contribution in [0.15, 0.2) is 75.7 Å². The number of aromatic nitrogens is 1. The van der Waals surface area contributed by atoms with Crippen molar-refractivity contribution in [2.24, 2.45) is 4.99 Å². The fraction of sp³-hybridized carbons (Fsp3) is 0.240. The van der Waals surface area contributed by atoms with E-state index in [0.29, 0.717) is 33.0 Å². The molecule has 0 bridgehead atoms. The Morgan fingerprint density at radius 3 is 2.53 bits per heavy atom. The number of carbonyl (C=O) groups is 1.